The second kappa shape index (κ2) is 4.38. The van der Waals surface area contributed by atoms with Gasteiger partial charge in [0.15, 0.2) is 8.32 Å². The van der Waals surface area contributed by atoms with Crippen LogP contribution in [-0.4, -0.2) is 27.2 Å². The second-order valence-corrected chi connectivity index (χ2v) is 10.9. The molecule has 1 rings (SSSR count). The van der Waals surface area contributed by atoms with Crippen LogP contribution >= 0.6 is 0 Å². The van der Waals surface area contributed by atoms with Crippen molar-refractivity contribution in [1.29, 1.82) is 0 Å². The van der Waals surface area contributed by atoms with Crippen molar-refractivity contribution in [2.24, 2.45) is 10.9 Å². The maximum atomic E-state index is 6.16. The van der Waals surface area contributed by atoms with E-state index in [9.17, 15) is 0 Å². The van der Waals surface area contributed by atoms with E-state index in [4.69, 9.17) is 4.43 Å². The topological polar surface area (TPSA) is 21.6 Å². The first-order valence-corrected chi connectivity index (χ1v) is 8.82. The predicted octanol–water partition coefficient (Wildman–Crippen LogP) is 3.49. The lowest BCUT2D eigenvalue weighted by atomic mass is 10.1. The molecule has 88 valence electrons. The van der Waals surface area contributed by atoms with Gasteiger partial charge in [0.05, 0.1) is 6.61 Å². The van der Waals surface area contributed by atoms with Crippen LogP contribution in [0.1, 0.15) is 34.1 Å². The molecule has 0 aromatic rings. The fourth-order valence-electron chi connectivity index (χ4n) is 1.38. The highest BCUT2D eigenvalue weighted by atomic mass is 28.4. The Morgan fingerprint density at radius 3 is 2.40 bits per heavy atom. The Morgan fingerprint density at radius 1 is 1.40 bits per heavy atom. The van der Waals surface area contributed by atoms with E-state index in [1.807, 2.05) is 0 Å². The molecule has 0 amide bonds. The average Bonchev–Trinajstić information content (AvgIpc) is 2.46. The number of hydrogen-bond donors (Lipinski definition) is 0. The summed E-state index contributed by atoms with van der Waals surface area (Å²) in [5.74, 6) is 0.634. The first-order valence-electron chi connectivity index (χ1n) is 5.91. The van der Waals surface area contributed by atoms with Crippen LogP contribution in [0.2, 0.25) is 18.1 Å². The molecule has 0 radical (unpaired) electrons. The molecule has 1 aliphatic rings. The lowest BCUT2D eigenvalue weighted by Crippen LogP contribution is -2.42. The van der Waals surface area contributed by atoms with Crippen molar-refractivity contribution in [2.45, 2.75) is 52.2 Å². The molecule has 0 spiro atoms. The van der Waals surface area contributed by atoms with Gasteiger partial charge in [-0.2, -0.15) is 0 Å². The Kier molecular flexibility index (Phi) is 3.77. The number of hydrogen-bond acceptors (Lipinski definition) is 2. The van der Waals surface area contributed by atoms with Gasteiger partial charge in [0.25, 0.3) is 0 Å². The molecule has 0 saturated carbocycles. The van der Waals surface area contributed by atoms with Gasteiger partial charge in [-0.15, -0.1) is 0 Å². The van der Waals surface area contributed by atoms with E-state index in [0.29, 0.717) is 11.0 Å². The van der Waals surface area contributed by atoms with Crippen molar-refractivity contribution in [3.63, 3.8) is 0 Å². The zero-order valence-electron chi connectivity index (χ0n) is 11.1. The van der Waals surface area contributed by atoms with Crippen LogP contribution < -0.4 is 0 Å². The van der Waals surface area contributed by atoms with Crippen LogP contribution in [-0.2, 0) is 4.43 Å². The minimum absolute atomic E-state index is 0.301. The van der Waals surface area contributed by atoms with Crippen molar-refractivity contribution < 1.29 is 4.43 Å². The van der Waals surface area contributed by atoms with E-state index < -0.39 is 8.32 Å². The molecule has 0 N–H and O–H groups in total. The molecule has 0 fully saturated rings. The summed E-state index contributed by atoms with van der Waals surface area (Å²) in [5, 5.41) is 0.301. The van der Waals surface area contributed by atoms with E-state index in [1.54, 1.807) is 0 Å². The maximum absolute atomic E-state index is 6.16. The highest BCUT2D eigenvalue weighted by Gasteiger charge is 2.37. The quantitative estimate of drug-likeness (QED) is 0.676. The summed E-state index contributed by atoms with van der Waals surface area (Å²) in [6.45, 7) is 15.4. The van der Waals surface area contributed by atoms with E-state index in [0.717, 1.165) is 13.2 Å². The summed E-state index contributed by atoms with van der Waals surface area (Å²) in [5.41, 5.74) is 1.28. The zero-order chi connectivity index (χ0) is 11.7. The highest BCUT2D eigenvalue weighted by Crippen LogP contribution is 2.36. The molecule has 1 aliphatic heterocycles. The largest absolute Gasteiger partial charge is 0.411 e. The standard InChI is InChI=1S/C12H25NOSi/c1-10-7-8-13-11(10)9-14-15(5,6)12(2,3)4/h10H,7-9H2,1-6H3/t10-/m0/s1. The van der Waals surface area contributed by atoms with Gasteiger partial charge in [0, 0.05) is 12.3 Å². The van der Waals surface area contributed by atoms with Crippen molar-refractivity contribution in [2.75, 3.05) is 13.2 Å². The van der Waals surface area contributed by atoms with Gasteiger partial charge in [-0.05, 0) is 30.5 Å². The third-order valence-electron chi connectivity index (χ3n) is 3.83. The predicted molar refractivity (Wildman–Crippen MR) is 69.2 cm³/mol. The maximum Gasteiger partial charge on any atom is 0.192 e. The number of aliphatic imine (C=N–C) groups is 1. The van der Waals surface area contributed by atoms with Crippen molar-refractivity contribution in [3.8, 4) is 0 Å². The highest BCUT2D eigenvalue weighted by molar-refractivity contribution is 6.74. The molecule has 0 unspecified atom stereocenters. The minimum Gasteiger partial charge on any atom is -0.411 e. The van der Waals surface area contributed by atoms with Crippen LogP contribution in [0.5, 0.6) is 0 Å². The van der Waals surface area contributed by atoms with Gasteiger partial charge in [0.2, 0.25) is 0 Å². The molecule has 15 heavy (non-hydrogen) atoms. The lowest BCUT2D eigenvalue weighted by molar-refractivity contribution is 0.336. The van der Waals surface area contributed by atoms with Crippen molar-refractivity contribution in [3.05, 3.63) is 0 Å². The molecular weight excluding hydrogens is 202 g/mol. The van der Waals surface area contributed by atoms with Crippen LogP contribution in [0, 0.1) is 5.92 Å². The van der Waals surface area contributed by atoms with Gasteiger partial charge in [-0.25, -0.2) is 0 Å². The van der Waals surface area contributed by atoms with E-state index >= 15 is 0 Å². The second-order valence-electron chi connectivity index (χ2n) is 6.11. The molecule has 2 nitrogen and oxygen atoms in total. The van der Waals surface area contributed by atoms with Crippen LogP contribution in [0.25, 0.3) is 0 Å². The van der Waals surface area contributed by atoms with E-state index in [1.165, 1.54) is 12.1 Å². The van der Waals surface area contributed by atoms with Crippen molar-refractivity contribution >= 4 is 14.0 Å². The SMILES string of the molecule is C[C@H]1CCN=C1CO[Si](C)(C)C(C)(C)C. The van der Waals surface area contributed by atoms with Crippen LogP contribution in [0.3, 0.4) is 0 Å². The molecule has 0 saturated heterocycles. The first-order chi connectivity index (χ1) is 6.74. The molecular formula is C12H25NOSi. The third kappa shape index (κ3) is 3.15. The Balaban J connectivity index is 2.50. The first kappa shape index (κ1) is 12.9. The Bertz CT molecular complexity index is 253. The van der Waals surface area contributed by atoms with Gasteiger partial charge >= 0.3 is 0 Å². The fourth-order valence-corrected chi connectivity index (χ4v) is 2.32. The molecule has 1 heterocycles. The van der Waals surface area contributed by atoms with Gasteiger partial charge in [0.1, 0.15) is 0 Å². The minimum atomic E-state index is -1.58. The Hall–Kier alpha value is -0.153. The van der Waals surface area contributed by atoms with Crippen LogP contribution in [0.4, 0.5) is 0 Å². The van der Waals surface area contributed by atoms with Gasteiger partial charge in [-0.3, -0.25) is 4.99 Å². The van der Waals surface area contributed by atoms with E-state index in [2.05, 4.69) is 45.8 Å². The molecule has 0 bridgehead atoms. The lowest BCUT2D eigenvalue weighted by Gasteiger charge is -2.36. The number of rotatable bonds is 3. The smallest absolute Gasteiger partial charge is 0.192 e. The third-order valence-corrected chi connectivity index (χ3v) is 8.31. The summed E-state index contributed by atoms with van der Waals surface area (Å²) in [4.78, 5) is 4.52. The molecule has 0 aromatic heterocycles. The Morgan fingerprint density at radius 2 is 2.00 bits per heavy atom. The fraction of sp³-hybridized carbons (Fsp3) is 0.917. The molecule has 0 aromatic carbocycles. The monoisotopic (exact) mass is 227 g/mol. The summed E-state index contributed by atoms with van der Waals surface area (Å²) < 4.78 is 6.16. The van der Waals surface area contributed by atoms with Gasteiger partial charge < -0.3 is 4.43 Å². The van der Waals surface area contributed by atoms with E-state index in [-0.39, 0.29) is 0 Å². The molecule has 3 heteroatoms. The molecule has 1 atom stereocenters. The molecule has 0 aliphatic carbocycles. The normalized spacial score (nSPS) is 23.1. The average molecular weight is 227 g/mol. The van der Waals surface area contributed by atoms with Crippen LogP contribution in [0.15, 0.2) is 4.99 Å². The summed E-state index contributed by atoms with van der Waals surface area (Å²) in [6.07, 6.45) is 1.20. The summed E-state index contributed by atoms with van der Waals surface area (Å²) >= 11 is 0. The van der Waals surface area contributed by atoms with Crippen molar-refractivity contribution in [1.82, 2.24) is 0 Å². The summed E-state index contributed by atoms with van der Waals surface area (Å²) in [6, 6.07) is 0. The summed E-state index contributed by atoms with van der Waals surface area (Å²) in [7, 11) is -1.58. The van der Waals surface area contributed by atoms with Gasteiger partial charge in [-0.1, -0.05) is 27.7 Å². The Labute approximate surface area is 95.3 Å². The number of nitrogens with zero attached hydrogens (tertiary/aromatic N) is 1. The zero-order valence-corrected chi connectivity index (χ0v) is 12.1.